The van der Waals surface area contributed by atoms with Crippen LogP contribution >= 0.6 is 11.8 Å². The molecule has 0 saturated carbocycles. The van der Waals surface area contributed by atoms with Crippen LogP contribution in [0.2, 0.25) is 0 Å². The number of halogens is 1. The molecular formula is C12H15FN2S. The zero-order valence-electron chi connectivity index (χ0n) is 9.40. The topological polar surface area (TPSA) is 24.4 Å². The van der Waals surface area contributed by atoms with Gasteiger partial charge in [-0.25, -0.2) is 4.39 Å². The minimum absolute atomic E-state index is 0.229. The molecule has 1 aromatic rings. The molecule has 1 aromatic carbocycles. The number of rotatable bonds is 1. The molecule has 2 nitrogen and oxygen atoms in total. The van der Waals surface area contributed by atoms with Crippen LogP contribution in [-0.2, 0) is 0 Å². The van der Waals surface area contributed by atoms with E-state index < -0.39 is 0 Å². The maximum atomic E-state index is 13.0. The molecule has 0 bridgehead atoms. The molecule has 0 radical (unpaired) electrons. The molecule has 0 aliphatic carbocycles. The van der Waals surface area contributed by atoms with Gasteiger partial charge in [-0.05, 0) is 31.5 Å². The van der Waals surface area contributed by atoms with E-state index in [1.807, 2.05) is 6.07 Å². The lowest BCUT2D eigenvalue weighted by molar-refractivity contribution is 0.628. The Morgan fingerprint density at radius 3 is 2.94 bits per heavy atom. The summed E-state index contributed by atoms with van der Waals surface area (Å²) in [6, 6.07) is 6.79. The number of hydrogen-bond acceptors (Lipinski definition) is 3. The SMILES string of the molecule is CC1CC(C)SC(Nc2cccc(F)c2)=N1. The van der Waals surface area contributed by atoms with Gasteiger partial charge in [0.05, 0.1) is 6.04 Å². The predicted molar refractivity (Wildman–Crippen MR) is 68.6 cm³/mol. The maximum Gasteiger partial charge on any atom is 0.161 e. The van der Waals surface area contributed by atoms with Crippen molar-refractivity contribution in [2.45, 2.75) is 31.6 Å². The monoisotopic (exact) mass is 238 g/mol. The first kappa shape index (κ1) is 11.5. The van der Waals surface area contributed by atoms with Crippen molar-refractivity contribution in [3.05, 3.63) is 30.1 Å². The average molecular weight is 238 g/mol. The van der Waals surface area contributed by atoms with Crippen LogP contribution in [0.5, 0.6) is 0 Å². The molecule has 0 aromatic heterocycles. The summed E-state index contributed by atoms with van der Waals surface area (Å²) in [6.07, 6.45) is 1.10. The summed E-state index contributed by atoms with van der Waals surface area (Å²) >= 11 is 1.71. The van der Waals surface area contributed by atoms with E-state index in [2.05, 4.69) is 24.2 Å². The highest BCUT2D eigenvalue weighted by Gasteiger charge is 2.18. The van der Waals surface area contributed by atoms with Crippen molar-refractivity contribution < 1.29 is 4.39 Å². The van der Waals surface area contributed by atoms with Crippen LogP contribution in [0.25, 0.3) is 0 Å². The molecule has 0 spiro atoms. The zero-order valence-corrected chi connectivity index (χ0v) is 10.2. The lowest BCUT2D eigenvalue weighted by Gasteiger charge is -2.22. The Kier molecular flexibility index (Phi) is 3.49. The summed E-state index contributed by atoms with van der Waals surface area (Å²) in [6.45, 7) is 4.28. The smallest absolute Gasteiger partial charge is 0.161 e. The summed E-state index contributed by atoms with van der Waals surface area (Å²) in [7, 11) is 0. The number of amidine groups is 1. The number of benzene rings is 1. The van der Waals surface area contributed by atoms with Crippen LogP contribution in [0.15, 0.2) is 29.3 Å². The third kappa shape index (κ3) is 2.98. The Bertz CT molecular complexity index is 406. The normalized spacial score (nSPS) is 25.1. The molecule has 86 valence electrons. The second-order valence-corrected chi connectivity index (χ2v) is 5.51. The fourth-order valence-corrected chi connectivity index (χ4v) is 2.93. The van der Waals surface area contributed by atoms with Crippen molar-refractivity contribution >= 4 is 22.6 Å². The highest BCUT2D eigenvalue weighted by atomic mass is 32.2. The molecule has 2 rings (SSSR count). The Balaban J connectivity index is 2.10. The van der Waals surface area contributed by atoms with Gasteiger partial charge in [0.15, 0.2) is 5.17 Å². The van der Waals surface area contributed by atoms with Crippen LogP contribution in [0.1, 0.15) is 20.3 Å². The minimum atomic E-state index is -0.229. The number of anilines is 1. The fraction of sp³-hybridized carbons (Fsp3) is 0.417. The minimum Gasteiger partial charge on any atom is -0.335 e. The lowest BCUT2D eigenvalue weighted by atomic mass is 10.2. The van der Waals surface area contributed by atoms with Crippen molar-refractivity contribution in [3.63, 3.8) is 0 Å². The van der Waals surface area contributed by atoms with Gasteiger partial charge in [-0.1, -0.05) is 24.8 Å². The van der Waals surface area contributed by atoms with Crippen molar-refractivity contribution in [2.24, 2.45) is 4.99 Å². The van der Waals surface area contributed by atoms with Gasteiger partial charge in [-0.2, -0.15) is 0 Å². The number of thioether (sulfide) groups is 1. The molecule has 0 saturated heterocycles. The summed E-state index contributed by atoms with van der Waals surface area (Å²) in [5.74, 6) is -0.229. The molecule has 2 unspecified atom stereocenters. The van der Waals surface area contributed by atoms with Gasteiger partial charge in [0.25, 0.3) is 0 Å². The molecule has 0 fully saturated rings. The first-order valence-electron chi connectivity index (χ1n) is 5.40. The Morgan fingerprint density at radius 1 is 1.44 bits per heavy atom. The van der Waals surface area contributed by atoms with Crippen LogP contribution in [0, 0.1) is 5.82 Å². The van der Waals surface area contributed by atoms with Gasteiger partial charge in [-0.15, -0.1) is 0 Å². The number of aliphatic imine (C=N–C) groups is 1. The van der Waals surface area contributed by atoms with Gasteiger partial charge < -0.3 is 5.32 Å². The van der Waals surface area contributed by atoms with Crippen molar-refractivity contribution in [2.75, 3.05) is 5.32 Å². The molecule has 2 atom stereocenters. The number of nitrogens with one attached hydrogen (secondary N) is 1. The van der Waals surface area contributed by atoms with E-state index in [9.17, 15) is 4.39 Å². The second kappa shape index (κ2) is 4.87. The standard InChI is InChI=1S/C12H15FN2S/c1-8-6-9(2)16-12(14-8)15-11-5-3-4-10(13)7-11/h3-5,7-9H,6H2,1-2H3,(H,14,15). The summed E-state index contributed by atoms with van der Waals surface area (Å²) < 4.78 is 13.0. The summed E-state index contributed by atoms with van der Waals surface area (Å²) in [4.78, 5) is 4.50. The van der Waals surface area contributed by atoms with Gasteiger partial charge in [0.2, 0.25) is 0 Å². The quantitative estimate of drug-likeness (QED) is 0.809. The first-order valence-corrected chi connectivity index (χ1v) is 6.28. The molecular weight excluding hydrogens is 223 g/mol. The largest absolute Gasteiger partial charge is 0.335 e. The van der Waals surface area contributed by atoms with Gasteiger partial charge in [0.1, 0.15) is 5.82 Å². The Labute approximate surface area is 99.3 Å². The second-order valence-electron chi connectivity index (χ2n) is 4.08. The van der Waals surface area contributed by atoms with Crippen LogP contribution in [0.4, 0.5) is 10.1 Å². The Morgan fingerprint density at radius 2 is 2.25 bits per heavy atom. The highest BCUT2D eigenvalue weighted by molar-refractivity contribution is 8.14. The lowest BCUT2D eigenvalue weighted by Crippen LogP contribution is -2.22. The maximum absolute atomic E-state index is 13.0. The van der Waals surface area contributed by atoms with Gasteiger partial charge in [-0.3, -0.25) is 4.99 Å². The third-order valence-electron chi connectivity index (χ3n) is 2.40. The Hall–Kier alpha value is -1.03. The van der Waals surface area contributed by atoms with Gasteiger partial charge in [0, 0.05) is 10.9 Å². The zero-order chi connectivity index (χ0) is 11.5. The van der Waals surface area contributed by atoms with E-state index in [1.54, 1.807) is 17.8 Å². The molecule has 0 amide bonds. The van der Waals surface area contributed by atoms with E-state index >= 15 is 0 Å². The van der Waals surface area contributed by atoms with Crippen molar-refractivity contribution in [1.82, 2.24) is 0 Å². The molecule has 1 aliphatic heterocycles. The molecule has 1 N–H and O–H groups in total. The molecule has 4 heteroatoms. The summed E-state index contributed by atoms with van der Waals surface area (Å²) in [5, 5.41) is 4.60. The summed E-state index contributed by atoms with van der Waals surface area (Å²) in [5.41, 5.74) is 0.757. The van der Waals surface area contributed by atoms with E-state index in [0.717, 1.165) is 17.3 Å². The predicted octanol–water partition coefficient (Wildman–Crippen LogP) is 3.51. The molecule has 1 aliphatic rings. The third-order valence-corrected chi connectivity index (χ3v) is 3.42. The van der Waals surface area contributed by atoms with Crippen molar-refractivity contribution in [1.29, 1.82) is 0 Å². The van der Waals surface area contributed by atoms with Crippen LogP contribution in [-0.4, -0.2) is 16.5 Å². The van der Waals surface area contributed by atoms with E-state index in [4.69, 9.17) is 0 Å². The molecule has 1 heterocycles. The molecule has 16 heavy (non-hydrogen) atoms. The van der Waals surface area contributed by atoms with Crippen LogP contribution < -0.4 is 5.32 Å². The first-order chi connectivity index (χ1) is 7.63. The van der Waals surface area contributed by atoms with Crippen molar-refractivity contribution in [3.8, 4) is 0 Å². The average Bonchev–Trinajstić information content (AvgIpc) is 2.15. The van der Waals surface area contributed by atoms with E-state index in [1.165, 1.54) is 12.1 Å². The van der Waals surface area contributed by atoms with Crippen LogP contribution in [0.3, 0.4) is 0 Å². The number of hydrogen-bond donors (Lipinski definition) is 1. The van der Waals surface area contributed by atoms with E-state index in [0.29, 0.717) is 11.3 Å². The van der Waals surface area contributed by atoms with Gasteiger partial charge >= 0.3 is 0 Å². The highest BCUT2D eigenvalue weighted by Crippen LogP contribution is 2.26. The number of nitrogens with zero attached hydrogens (tertiary/aromatic N) is 1. The fourth-order valence-electron chi connectivity index (χ4n) is 1.75. The van der Waals surface area contributed by atoms with E-state index in [-0.39, 0.29) is 5.82 Å².